The van der Waals surface area contributed by atoms with Gasteiger partial charge in [0.05, 0.1) is 11.1 Å². The molecule has 0 spiro atoms. The van der Waals surface area contributed by atoms with E-state index in [0.29, 0.717) is 4.31 Å². The Labute approximate surface area is 117 Å². The van der Waals surface area contributed by atoms with E-state index in [9.17, 15) is 18.0 Å². The lowest BCUT2D eigenvalue weighted by Gasteiger charge is -2.10. The third-order valence-electron chi connectivity index (χ3n) is 2.75. The number of aromatic nitrogens is 1. The molecule has 0 unspecified atom stereocenters. The largest absolute Gasteiger partial charge is 0.478 e. The fraction of sp³-hybridized carbons (Fsp3) is 0. The number of rotatable bonds is 2. The summed E-state index contributed by atoms with van der Waals surface area (Å²) in [5.74, 6) is -1.99. The third kappa shape index (κ3) is 1.63. The van der Waals surface area contributed by atoms with Gasteiger partial charge in [0.25, 0.3) is 15.9 Å². The number of hydrogen-bond acceptors (Lipinski definition) is 6. The van der Waals surface area contributed by atoms with Crippen molar-refractivity contribution in [2.24, 2.45) is 0 Å². The molecule has 7 nitrogen and oxygen atoms in total. The molecule has 1 N–H and O–H groups in total. The van der Waals surface area contributed by atoms with E-state index in [4.69, 9.17) is 5.11 Å². The molecule has 0 saturated heterocycles. The first kappa shape index (κ1) is 12.8. The predicted octanol–water partition coefficient (Wildman–Crippen LogP) is 1.19. The number of carbonyl (C=O) groups excluding carboxylic acids is 1. The van der Waals surface area contributed by atoms with Gasteiger partial charge in [-0.05, 0) is 18.2 Å². The number of aromatic carboxylic acids is 1. The molecule has 20 heavy (non-hydrogen) atoms. The second-order valence-corrected chi connectivity index (χ2v) is 6.53. The molecule has 1 aromatic carbocycles. The molecule has 2 heterocycles. The van der Waals surface area contributed by atoms with E-state index in [0.717, 1.165) is 17.4 Å². The number of nitrogens with zero attached hydrogens (tertiary/aromatic N) is 2. The van der Waals surface area contributed by atoms with Gasteiger partial charge in [-0.25, -0.2) is 18.2 Å². The van der Waals surface area contributed by atoms with Crippen LogP contribution in [0.4, 0.5) is 5.13 Å². The standard InChI is InChI=1S/C11H6N2O5S2/c14-9-7-2-1-6(10(15)16)5-8(7)20(17,18)13(9)11-12-3-4-19-11/h1-5H,(H,15,16). The van der Waals surface area contributed by atoms with Crippen LogP contribution in [-0.2, 0) is 10.0 Å². The Morgan fingerprint density at radius 3 is 2.70 bits per heavy atom. The van der Waals surface area contributed by atoms with Crippen molar-refractivity contribution in [1.82, 2.24) is 4.98 Å². The minimum atomic E-state index is -4.11. The zero-order chi connectivity index (χ0) is 14.5. The molecule has 1 aliphatic rings. The molecule has 9 heteroatoms. The van der Waals surface area contributed by atoms with Crippen molar-refractivity contribution < 1.29 is 23.1 Å². The summed E-state index contributed by atoms with van der Waals surface area (Å²) in [6.07, 6.45) is 1.38. The average molecular weight is 310 g/mol. The van der Waals surface area contributed by atoms with E-state index in [1.165, 1.54) is 18.3 Å². The number of sulfonamides is 1. The number of anilines is 1. The van der Waals surface area contributed by atoms with E-state index in [-0.39, 0.29) is 21.2 Å². The molecule has 0 saturated carbocycles. The van der Waals surface area contributed by atoms with Gasteiger partial charge in [0.1, 0.15) is 4.90 Å². The fourth-order valence-corrected chi connectivity index (χ4v) is 4.31. The molecule has 0 radical (unpaired) electrons. The lowest BCUT2D eigenvalue weighted by Crippen LogP contribution is -2.29. The molecule has 0 bridgehead atoms. The highest BCUT2D eigenvalue weighted by Gasteiger charge is 2.43. The summed E-state index contributed by atoms with van der Waals surface area (Å²) in [6.45, 7) is 0. The van der Waals surface area contributed by atoms with Gasteiger partial charge in [-0.15, -0.1) is 11.3 Å². The van der Waals surface area contributed by atoms with Gasteiger partial charge >= 0.3 is 5.97 Å². The first-order chi connectivity index (χ1) is 9.43. The van der Waals surface area contributed by atoms with Crippen LogP contribution in [0.3, 0.4) is 0 Å². The van der Waals surface area contributed by atoms with Crippen molar-refractivity contribution in [3.8, 4) is 0 Å². The smallest absolute Gasteiger partial charge is 0.335 e. The normalized spacial score (nSPS) is 16.2. The maximum atomic E-state index is 12.3. The first-order valence-electron chi connectivity index (χ1n) is 5.29. The summed E-state index contributed by atoms with van der Waals surface area (Å²) in [4.78, 5) is 26.6. The maximum Gasteiger partial charge on any atom is 0.335 e. The summed E-state index contributed by atoms with van der Waals surface area (Å²) in [5, 5.41) is 10.5. The number of thiazole rings is 1. The number of amides is 1. The molecule has 1 aromatic heterocycles. The third-order valence-corrected chi connectivity index (χ3v) is 5.34. The van der Waals surface area contributed by atoms with Crippen LogP contribution in [0.25, 0.3) is 0 Å². The Hall–Kier alpha value is -2.26. The number of benzene rings is 1. The van der Waals surface area contributed by atoms with Crippen molar-refractivity contribution >= 4 is 38.4 Å². The zero-order valence-corrected chi connectivity index (χ0v) is 11.3. The topological polar surface area (TPSA) is 105 Å². The summed E-state index contributed by atoms with van der Waals surface area (Å²) in [6, 6.07) is 3.38. The monoisotopic (exact) mass is 310 g/mol. The molecule has 1 amide bonds. The Morgan fingerprint density at radius 1 is 1.35 bits per heavy atom. The van der Waals surface area contributed by atoms with Crippen LogP contribution in [-0.4, -0.2) is 30.4 Å². The van der Waals surface area contributed by atoms with E-state index in [1.54, 1.807) is 5.38 Å². The van der Waals surface area contributed by atoms with Gasteiger partial charge in [0.2, 0.25) is 5.13 Å². The van der Waals surface area contributed by atoms with Gasteiger partial charge in [-0.3, -0.25) is 4.79 Å². The van der Waals surface area contributed by atoms with E-state index < -0.39 is 21.9 Å². The highest BCUT2D eigenvalue weighted by atomic mass is 32.2. The number of fused-ring (bicyclic) bond motifs is 1. The van der Waals surface area contributed by atoms with Crippen LogP contribution in [0, 0.1) is 0 Å². The molecular formula is C11H6N2O5S2. The predicted molar refractivity (Wildman–Crippen MR) is 69.5 cm³/mol. The molecule has 2 aromatic rings. The molecule has 1 aliphatic heterocycles. The average Bonchev–Trinajstić information content (AvgIpc) is 2.96. The van der Waals surface area contributed by atoms with Gasteiger partial charge in [-0.1, -0.05) is 0 Å². The molecule has 102 valence electrons. The van der Waals surface area contributed by atoms with Crippen molar-refractivity contribution in [3.05, 3.63) is 40.9 Å². The lowest BCUT2D eigenvalue weighted by atomic mass is 10.1. The highest BCUT2D eigenvalue weighted by molar-refractivity contribution is 7.94. The van der Waals surface area contributed by atoms with Gasteiger partial charge in [0, 0.05) is 11.6 Å². The second-order valence-electron chi connectivity index (χ2n) is 3.91. The molecule has 0 fully saturated rings. The minimum Gasteiger partial charge on any atom is -0.478 e. The Morgan fingerprint density at radius 2 is 2.10 bits per heavy atom. The van der Waals surface area contributed by atoms with Crippen LogP contribution >= 0.6 is 11.3 Å². The first-order valence-corrected chi connectivity index (χ1v) is 7.61. The van der Waals surface area contributed by atoms with Crippen molar-refractivity contribution in [2.75, 3.05) is 4.31 Å². The molecule has 0 atom stereocenters. The summed E-state index contributed by atoms with van der Waals surface area (Å²) in [5.41, 5.74) is -0.244. The van der Waals surface area contributed by atoms with Crippen molar-refractivity contribution in [2.45, 2.75) is 4.90 Å². The Kier molecular flexibility index (Phi) is 2.63. The number of hydrogen-bond donors (Lipinski definition) is 1. The number of carboxylic acids is 1. The summed E-state index contributed by atoms with van der Waals surface area (Å²) >= 11 is 1.01. The lowest BCUT2D eigenvalue weighted by molar-refractivity contribution is 0.0696. The second kappa shape index (κ2) is 4.12. The van der Waals surface area contributed by atoms with Gasteiger partial charge in [-0.2, -0.15) is 4.31 Å². The summed E-state index contributed by atoms with van der Waals surface area (Å²) < 4.78 is 25.3. The van der Waals surface area contributed by atoms with Crippen LogP contribution in [0.5, 0.6) is 0 Å². The number of carboxylic acid groups (broad SMARTS) is 1. The van der Waals surface area contributed by atoms with E-state index >= 15 is 0 Å². The zero-order valence-electron chi connectivity index (χ0n) is 9.68. The van der Waals surface area contributed by atoms with E-state index in [2.05, 4.69) is 4.98 Å². The Balaban J connectivity index is 2.24. The maximum absolute atomic E-state index is 12.3. The SMILES string of the molecule is O=C(O)c1ccc2c(c1)S(=O)(=O)N(c1nccs1)C2=O. The summed E-state index contributed by atoms with van der Waals surface area (Å²) in [7, 11) is -4.11. The van der Waals surface area contributed by atoms with Crippen LogP contribution < -0.4 is 4.31 Å². The van der Waals surface area contributed by atoms with Crippen LogP contribution in [0.2, 0.25) is 0 Å². The molecule has 0 aliphatic carbocycles. The van der Waals surface area contributed by atoms with Gasteiger partial charge in [0.15, 0.2) is 0 Å². The Bertz CT molecular complexity index is 827. The fourth-order valence-electron chi connectivity index (χ4n) is 1.87. The quantitative estimate of drug-likeness (QED) is 0.893. The van der Waals surface area contributed by atoms with Crippen LogP contribution in [0.1, 0.15) is 20.7 Å². The molecular weight excluding hydrogens is 304 g/mol. The van der Waals surface area contributed by atoms with Crippen molar-refractivity contribution in [3.63, 3.8) is 0 Å². The van der Waals surface area contributed by atoms with Crippen LogP contribution in [0.15, 0.2) is 34.7 Å². The number of carbonyl (C=O) groups is 2. The van der Waals surface area contributed by atoms with Gasteiger partial charge < -0.3 is 5.11 Å². The molecule has 3 rings (SSSR count). The highest BCUT2D eigenvalue weighted by Crippen LogP contribution is 2.35. The van der Waals surface area contributed by atoms with Crippen molar-refractivity contribution in [1.29, 1.82) is 0 Å². The van der Waals surface area contributed by atoms with E-state index in [1.807, 2.05) is 0 Å². The minimum absolute atomic E-state index is 0.0306.